The van der Waals surface area contributed by atoms with Gasteiger partial charge >= 0.3 is 0 Å². The minimum atomic E-state index is -0.297. The fraction of sp³-hybridized carbons (Fsp3) is 0.167. The van der Waals surface area contributed by atoms with E-state index in [4.69, 9.17) is 0 Å². The third kappa shape index (κ3) is 3.33. The molecule has 0 saturated carbocycles. The van der Waals surface area contributed by atoms with Crippen LogP contribution in [0.5, 0.6) is 0 Å². The quantitative estimate of drug-likeness (QED) is 0.762. The number of rotatable bonds is 3. The predicted molar refractivity (Wildman–Crippen MR) is 93.9 cm³/mol. The van der Waals surface area contributed by atoms with Gasteiger partial charge in [0, 0.05) is 11.1 Å². The predicted octanol–water partition coefficient (Wildman–Crippen LogP) is 4.52. The molecular weight excluding hydrogens is 325 g/mol. The van der Waals surface area contributed by atoms with Crippen LogP contribution in [0.1, 0.15) is 27.4 Å². The van der Waals surface area contributed by atoms with Gasteiger partial charge in [0.1, 0.15) is 11.5 Å². The van der Waals surface area contributed by atoms with E-state index in [1.165, 1.54) is 23.5 Å². The SMILES string of the molecule is Cc1csc(NC(=O)c2nc(C)cc(-c3ccc(F)cc3)c2C)n1. The molecular formula is C18H16FN3OS. The van der Waals surface area contributed by atoms with Crippen LogP contribution in [0.4, 0.5) is 9.52 Å². The van der Waals surface area contributed by atoms with E-state index in [0.717, 1.165) is 28.1 Å². The topological polar surface area (TPSA) is 54.9 Å². The van der Waals surface area contributed by atoms with Crippen LogP contribution in [0.3, 0.4) is 0 Å². The lowest BCUT2D eigenvalue weighted by Crippen LogP contribution is -2.16. The monoisotopic (exact) mass is 341 g/mol. The Morgan fingerprint density at radius 2 is 1.79 bits per heavy atom. The first-order valence-electron chi connectivity index (χ1n) is 7.41. The van der Waals surface area contributed by atoms with Crippen LogP contribution < -0.4 is 5.32 Å². The molecule has 0 aliphatic heterocycles. The van der Waals surface area contributed by atoms with Crippen molar-refractivity contribution in [3.63, 3.8) is 0 Å². The van der Waals surface area contributed by atoms with E-state index in [1.54, 1.807) is 12.1 Å². The highest BCUT2D eigenvalue weighted by Crippen LogP contribution is 2.27. The molecule has 2 heterocycles. The Hall–Kier alpha value is -2.60. The lowest BCUT2D eigenvalue weighted by Gasteiger charge is -2.12. The molecule has 3 rings (SSSR count). The number of hydrogen-bond acceptors (Lipinski definition) is 4. The van der Waals surface area contributed by atoms with Crippen molar-refractivity contribution in [1.82, 2.24) is 9.97 Å². The molecule has 1 N–H and O–H groups in total. The Kier molecular flexibility index (Phi) is 4.40. The highest BCUT2D eigenvalue weighted by Gasteiger charge is 2.17. The summed E-state index contributed by atoms with van der Waals surface area (Å²) in [6, 6.07) is 8.10. The Morgan fingerprint density at radius 3 is 2.42 bits per heavy atom. The average Bonchev–Trinajstić information content (AvgIpc) is 2.95. The smallest absolute Gasteiger partial charge is 0.276 e. The zero-order valence-corrected chi connectivity index (χ0v) is 14.4. The van der Waals surface area contributed by atoms with Crippen molar-refractivity contribution in [3.05, 3.63) is 64.2 Å². The first kappa shape index (κ1) is 16.3. The molecule has 0 saturated heterocycles. The van der Waals surface area contributed by atoms with Crippen LogP contribution in [0, 0.1) is 26.6 Å². The standard InChI is InChI=1S/C18H16FN3OS/c1-10-8-15(13-4-6-14(19)7-5-13)12(3)16(20-10)17(23)22-18-21-11(2)9-24-18/h4-9H,1-3H3,(H,21,22,23). The number of pyridine rings is 1. The molecule has 0 aliphatic rings. The zero-order valence-electron chi connectivity index (χ0n) is 13.6. The molecule has 24 heavy (non-hydrogen) atoms. The van der Waals surface area contributed by atoms with E-state index in [1.807, 2.05) is 32.2 Å². The Labute approximate surface area is 143 Å². The van der Waals surface area contributed by atoms with Gasteiger partial charge in [-0.25, -0.2) is 14.4 Å². The molecule has 1 aromatic carbocycles. The van der Waals surface area contributed by atoms with Crippen molar-refractivity contribution in [3.8, 4) is 11.1 Å². The third-order valence-electron chi connectivity index (χ3n) is 3.61. The molecule has 1 amide bonds. The largest absolute Gasteiger partial charge is 0.296 e. The van der Waals surface area contributed by atoms with Crippen molar-refractivity contribution in [2.75, 3.05) is 5.32 Å². The van der Waals surface area contributed by atoms with Gasteiger partial charge in [-0.05, 0) is 55.7 Å². The normalized spacial score (nSPS) is 10.7. The second-order valence-corrected chi connectivity index (χ2v) is 6.40. The van der Waals surface area contributed by atoms with Gasteiger partial charge in [-0.15, -0.1) is 11.3 Å². The number of nitrogens with one attached hydrogen (secondary N) is 1. The molecule has 122 valence electrons. The summed E-state index contributed by atoms with van der Waals surface area (Å²) in [4.78, 5) is 21.2. The van der Waals surface area contributed by atoms with Gasteiger partial charge in [-0.3, -0.25) is 10.1 Å². The fourth-order valence-electron chi connectivity index (χ4n) is 2.46. The minimum Gasteiger partial charge on any atom is -0.296 e. The maximum absolute atomic E-state index is 13.2. The van der Waals surface area contributed by atoms with Gasteiger partial charge in [0.25, 0.3) is 5.91 Å². The fourth-order valence-corrected chi connectivity index (χ4v) is 3.14. The van der Waals surface area contributed by atoms with Crippen molar-refractivity contribution in [1.29, 1.82) is 0 Å². The highest BCUT2D eigenvalue weighted by molar-refractivity contribution is 7.13. The lowest BCUT2D eigenvalue weighted by molar-refractivity contribution is 0.102. The van der Waals surface area contributed by atoms with Crippen LogP contribution in [0.15, 0.2) is 35.7 Å². The number of aromatic nitrogens is 2. The number of thiazole rings is 1. The van der Waals surface area contributed by atoms with Crippen molar-refractivity contribution < 1.29 is 9.18 Å². The van der Waals surface area contributed by atoms with Crippen molar-refractivity contribution in [2.24, 2.45) is 0 Å². The van der Waals surface area contributed by atoms with Gasteiger partial charge in [0.2, 0.25) is 0 Å². The van der Waals surface area contributed by atoms with E-state index in [0.29, 0.717) is 10.8 Å². The third-order valence-corrected chi connectivity index (χ3v) is 4.49. The number of carbonyl (C=O) groups is 1. The average molecular weight is 341 g/mol. The summed E-state index contributed by atoms with van der Waals surface area (Å²) in [5.74, 6) is -0.590. The molecule has 2 aromatic heterocycles. The summed E-state index contributed by atoms with van der Waals surface area (Å²) >= 11 is 1.37. The van der Waals surface area contributed by atoms with Crippen LogP contribution >= 0.6 is 11.3 Å². The van der Waals surface area contributed by atoms with E-state index in [-0.39, 0.29) is 11.7 Å². The summed E-state index contributed by atoms with van der Waals surface area (Å²) in [6.45, 7) is 5.54. The van der Waals surface area contributed by atoms with Crippen LogP contribution in [-0.2, 0) is 0 Å². The molecule has 0 atom stereocenters. The van der Waals surface area contributed by atoms with Gasteiger partial charge in [0.05, 0.1) is 5.69 Å². The number of anilines is 1. The first-order chi connectivity index (χ1) is 11.4. The summed E-state index contributed by atoms with van der Waals surface area (Å²) in [7, 11) is 0. The molecule has 0 fully saturated rings. The second kappa shape index (κ2) is 6.49. The van der Waals surface area contributed by atoms with Crippen LogP contribution in [0.25, 0.3) is 11.1 Å². The molecule has 0 spiro atoms. The minimum absolute atomic E-state index is 0.292. The molecule has 0 aliphatic carbocycles. The number of hydrogen-bond donors (Lipinski definition) is 1. The van der Waals surface area contributed by atoms with Gasteiger partial charge < -0.3 is 0 Å². The molecule has 3 aromatic rings. The van der Waals surface area contributed by atoms with Gasteiger partial charge in [0.15, 0.2) is 5.13 Å². The number of halogens is 1. The summed E-state index contributed by atoms with van der Waals surface area (Å²) in [6.07, 6.45) is 0. The highest BCUT2D eigenvalue weighted by atomic mass is 32.1. The number of carbonyl (C=O) groups excluding carboxylic acids is 1. The summed E-state index contributed by atoms with van der Waals surface area (Å²) in [5.41, 5.74) is 4.39. The van der Waals surface area contributed by atoms with Crippen molar-refractivity contribution in [2.45, 2.75) is 20.8 Å². The van der Waals surface area contributed by atoms with Crippen LogP contribution in [0.2, 0.25) is 0 Å². The first-order valence-corrected chi connectivity index (χ1v) is 8.29. The lowest BCUT2D eigenvalue weighted by atomic mass is 9.98. The Bertz CT molecular complexity index is 903. The van der Waals surface area contributed by atoms with Gasteiger partial charge in [-0.1, -0.05) is 12.1 Å². The maximum Gasteiger partial charge on any atom is 0.276 e. The summed E-state index contributed by atoms with van der Waals surface area (Å²) < 4.78 is 13.2. The molecule has 0 bridgehead atoms. The van der Waals surface area contributed by atoms with E-state index < -0.39 is 0 Å². The van der Waals surface area contributed by atoms with Crippen LogP contribution in [-0.4, -0.2) is 15.9 Å². The van der Waals surface area contributed by atoms with E-state index in [9.17, 15) is 9.18 Å². The van der Waals surface area contributed by atoms with Gasteiger partial charge in [-0.2, -0.15) is 0 Å². The molecule has 0 unspecified atom stereocenters. The van der Waals surface area contributed by atoms with E-state index in [2.05, 4.69) is 15.3 Å². The second-order valence-electron chi connectivity index (χ2n) is 5.54. The molecule has 4 nitrogen and oxygen atoms in total. The number of aryl methyl sites for hydroxylation is 2. The number of nitrogens with zero attached hydrogens (tertiary/aromatic N) is 2. The summed E-state index contributed by atoms with van der Waals surface area (Å²) in [5, 5.41) is 5.20. The maximum atomic E-state index is 13.2. The number of benzene rings is 1. The van der Waals surface area contributed by atoms with E-state index >= 15 is 0 Å². The molecule has 0 radical (unpaired) electrons. The molecule has 6 heteroatoms. The number of amides is 1. The van der Waals surface area contributed by atoms with Crippen molar-refractivity contribution >= 4 is 22.4 Å². The Balaban J connectivity index is 1.99. The zero-order chi connectivity index (χ0) is 17.3. The Morgan fingerprint density at radius 1 is 1.08 bits per heavy atom.